The molecule has 0 unspecified atom stereocenters. The van der Waals surface area contributed by atoms with E-state index in [9.17, 15) is 0 Å². The monoisotopic (exact) mass is 368 g/mol. The fraction of sp³-hybridized carbons (Fsp3) is 0.381. The van der Waals surface area contributed by atoms with E-state index in [4.69, 9.17) is 15.2 Å². The minimum absolute atomic E-state index is 0.0612. The first kappa shape index (κ1) is 19.2. The molecule has 1 saturated heterocycles. The predicted octanol–water partition coefficient (Wildman–Crippen LogP) is 3.32. The van der Waals surface area contributed by atoms with Gasteiger partial charge in [0.25, 0.3) is 0 Å². The van der Waals surface area contributed by atoms with Crippen LogP contribution in [-0.2, 0) is 4.74 Å². The van der Waals surface area contributed by atoms with Crippen LogP contribution in [0.25, 0.3) is 0 Å². The number of morpholine rings is 1. The van der Waals surface area contributed by atoms with E-state index < -0.39 is 0 Å². The van der Waals surface area contributed by atoms with Gasteiger partial charge in [-0.3, -0.25) is 9.89 Å². The molecule has 1 aliphatic rings. The molecule has 1 heterocycles. The molecule has 3 N–H and O–H groups in total. The van der Waals surface area contributed by atoms with Crippen molar-refractivity contribution in [2.45, 2.75) is 19.4 Å². The van der Waals surface area contributed by atoms with Crippen LogP contribution in [0.4, 0.5) is 5.69 Å². The summed E-state index contributed by atoms with van der Waals surface area (Å²) in [5.41, 5.74) is 6.88. The van der Waals surface area contributed by atoms with Gasteiger partial charge < -0.3 is 20.5 Å². The first-order valence-electron chi connectivity index (χ1n) is 9.26. The number of nitrogens with zero attached hydrogens (tertiary/aromatic N) is 2. The maximum Gasteiger partial charge on any atom is 0.193 e. The summed E-state index contributed by atoms with van der Waals surface area (Å²) in [6.07, 6.45) is 0. The van der Waals surface area contributed by atoms with Crippen molar-refractivity contribution in [3.8, 4) is 11.5 Å². The molecule has 0 amide bonds. The zero-order valence-electron chi connectivity index (χ0n) is 16.0. The zero-order chi connectivity index (χ0) is 19.1. The molecule has 144 valence electrons. The van der Waals surface area contributed by atoms with Gasteiger partial charge in [0.15, 0.2) is 5.96 Å². The largest absolute Gasteiger partial charge is 0.457 e. The van der Waals surface area contributed by atoms with Crippen molar-refractivity contribution in [1.29, 1.82) is 0 Å². The zero-order valence-corrected chi connectivity index (χ0v) is 16.0. The summed E-state index contributed by atoms with van der Waals surface area (Å²) in [4.78, 5) is 6.93. The lowest BCUT2D eigenvalue weighted by molar-refractivity contribution is -0.00680. The third-order valence-electron chi connectivity index (χ3n) is 4.59. The number of para-hydroxylation sites is 1. The molecule has 0 aromatic heterocycles. The summed E-state index contributed by atoms with van der Waals surface area (Å²) in [5.74, 6) is 1.93. The Labute approximate surface area is 161 Å². The molecular weight excluding hydrogens is 340 g/mol. The lowest BCUT2D eigenvalue weighted by atomic mass is 10.0. The predicted molar refractivity (Wildman–Crippen MR) is 110 cm³/mol. The summed E-state index contributed by atoms with van der Waals surface area (Å²) < 4.78 is 11.3. The standard InChI is InChI=1S/C21H28N4O2/c1-21(2,25-11-13-26-14-12-25)16-23-20(22)24-17-7-6-10-19(15-17)27-18-8-4-3-5-9-18/h3-10,15H,11-14,16H2,1-2H3,(H3,22,23,24). The molecule has 3 rings (SSSR count). The number of benzene rings is 2. The van der Waals surface area contributed by atoms with Crippen molar-refractivity contribution in [3.63, 3.8) is 0 Å². The maximum absolute atomic E-state index is 6.10. The van der Waals surface area contributed by atoms with Gasteiger partial charge in [-0.25, -0.2) is 0 Å². The van der Waals surface area contributed by atoms with Gasteiger partial charge in [0.1, 0.15) is 11.5 Å². The van der Waals surface area contributed by atoms with Gasteiger partial charge in [0.05, 0.1) is 19.8 Å². The van der Waals surface area contributed by atoms with Gasteiger partial charge in [-0.1, -0.05) is 24.3 Å². The van der Waals surface area contributed by atoms with Gasteiger partial charge in [0, 0.05) is 30.4 Å². The molecule has 2 aromatic carbocycles. The summed E-state index contributed by atoms with van der Waals surface area (Å²) >= 11 is 0. The normalized spacial score (nSPS) is 16.1. The van der Waals surface area contributed by atoms with Crippen molar-refractivity contribution in [2.24, 2.45) is 10.7 Å². The molecule has 1 fully saturated rings. The molecule has 1 aliphatic heterocycles. The van der Waals surface area contributed by atoms with Crippen LogP contribution in [0.3, 0.4) is 0 Å². The minimum atomic E-state index is -0.0612. The van der Waals surface area contributed by atoms with E-state index >= 15 is 0 Å². The highest BCUT2D eigenvalue weighted by Gasteiger charge is 2.27. The Bertz CT molecular complexity index is 756. The average molecular weight is 368 g/mol. The fourth-order valence-corrected chi connectivity index (χ4v) is 3.00. The topological polar surface area (TPSA) is 72.1 Å². The van der Waals surface area contributed by atoms with Gasteiger partial charge >= 0.3 is 0 Å². The summed E-state index contributed by atoms with van der Waals surface area (Å²) in [5, 5.41) is 3.15. The lowest BCUT2D eigenvalue weighted by Gasteiger charge is -2.39. The molecule has 0 aliphatic carbocycles. The molecular formula is C21H28N4O2. The van der Waals surface area contributed by atoms with E-state index in [-0.39, 0.29) is 5.54 Å². The first-order valence-corrected chi connectivity index (χ1v) is 9.26. The van der Waals surface area contributed by atoms with E-state index in [1.807, 2.05) is 54.6 Å². The number of nitrogens with one attached hydrogen (secondary N) is 1. The van der Waals surface area contributed by atoms with Crippen LogP contribution in [0.5, 0.6) is 11.5 Å². The quantitative estimate of drug-likeness (QED) is 0.604. The smallest absolute Gasteiger partial charge is 0.193 e. The second-order valence-corrected chi connectivity index (χ2v) is 7.18. The van der Waals surface area contributed by atoms with E-state index in [1.165, 1.54) is 0 Å². The summed E-state index contributed by atoms with van der Waals surface area (Å²) in [6, 6.07) is 17.4. The Balaban J connectivity index is 1.59. The Hall–Kier alpha value is -2.57. The Morgan fingerprint density at radius 2 is 1.81 bits per heavy atom. The molecule has 27 heavy (non-hydrogen) atoms. The molecule has 0 bridgehead atoms. The first-order chi connectivity index (χ1) is 13.0. The van der Waals surface area contributed by atoms with Crippen LogP contribution in [0.2, 0.25) is 0 Å². The van der Waals surface area contributed by atoms with E-state index in [0.29, 0.717) is 12.5 Å². The molecule has 0 saturated carbocycles. The molecule has 0 atom stereocenters. The van der Waals surface area contributed by atoms with Crippen molar-refractivity contribution in [2.75, 3.05) is 38.2 Å². The van der Waals surface area contributed by atoms with Crippen molar-refractivity contribution in [1.82, 2.24) is 4.90 Å². The highest BCUT2D eigenvalue weighted by molar-refractivity contribution is 5.92. The molecule has 0 spiro atoms. The van der Waals surface area contributed by atoms with E-state index in [1.54, 1.807) is 0 Å². The molecule has 6 heteroatoms. The van der Waals surface area contributed by atoms with Crippen molar-refractivity contribution in [3.05, 3.63) is 54.6 Å². The second kappa shape index (κ2) is 8.88. The average Bonchev–Trinajstić information content (AvgIpc) is 2.68. The number of hydrogen-bond acceptors (Lipinski definition) is 4. The number of ether oxygens (including phenoxy) is 2. The number of nitrogens with two attached hydrogens (primary N) is 1. The number of rotatable bonds is 6. The minimum Gasteiger partial charge on any atom is -0.457 e. The van der Waals surface area contributed by atoms with Crippen LogP contribution >= 0.6 is 0 Å². The van der Waals surface area contributed by atoms with E-state index in [0.717, 1.165) is 43.5 Å². The van der Waals surface area contributed by atoms with Crippen LogP contribution in [0, 0.1) is 0 Å². The highest BCUT2D eigenvalue weighted by atomic mass is 16.5. The number of anilines is 1. The lowest BCUT2D eigenvalue weighted by Crippen LogP contribution is -2.51. The highest BCUT2D eigenvalue weighted by Crippen LogP contribution is 2.24. The Morgan fingerprint density at radius 3 is 2.56 bits per heavy atom. The fourth-order valence-electron chi connectivity index (χ4n) is 3.00. The van der Waals surface area contributed by atoms with Gasteiger partial charge in [0.2, 0.25) is 0 Å². The Kier molecular flexibility index (Phi) is 6.32. The number of aliphatic imine (C=N–C) groups is 1. The van der Waals surface area contributed by atoms with Crippen molar-refractivity contribution < 1.29 is 9.47 Å². The summed E-state index contributed by atoms with van der Waals surface area (Å²) in [6.45, 7) is 8.38. The number of guanidine groups is 1. The van der Waals surface area contributed by atoms with Crippen LogP contribution in [0.1, 0.15) is 13.8 Å². The summed E-state index contributed by atoms with van der Waals surface area (Å²) in [7, 11) is 0. The second-order valence-electron chi connectivity index (χ2n) is 7.18. The van der Waals surface area contributed by atoms with E-state index in [2.05, 4.69) is 29.1 Å². The molecule has 6 nitrogen and oxygen atoms in total. The van der Waals surface area contributed by atoms with Gasteiger partial charge in [-0.15, -0.1) is 0 Å². The van der Waals surface area contributed by atoms with Crippen LogP contribution < -0.4 is 15.8 Å². The molecule has 2 aromatic rings. The Morgan fingerprint density at radius 1 is 1.11 bits per heavy atom. The van der Waals surface area contributed by atoms with Gasteiger partial charge in [-0.2, -0.15) is 0 Å². The van der Waals surface area contributed by atoms with Crippen LogP contribution in [-0.4, -0.2) is 49.2 Å². The van der Waals surface area contributed by atoms with Crippen LogP contribution in [0.15, 0.2) is 59.6 Å². The maximum atomic E-state index is 6.10. The van der Waals surface area contributed by atoms with Crippen molar-refractivity contribution >= 4 is 11.6 Å². The SMILES string of the molecule is CC(C)(CN=C(N)Nc1cccc(Oc2ccccc2)c1)N1CCOCC1. The number of hydrogen-bond donors (Lipinski definition) is 2. The molecule has 0 radical (unpaired) electrons. The third-order valence-corrected chi connectivity index (χ3v) is 4.59. The van der Waals surface area contributed by atoms with Gasteiger partial charge in [-0.05, 0) is 38.1 Å². The third kappa shape index (κ3) is 5.70.